The lowest BCUT2D eigenvalue weighted by molar-refractivity contribution is 0.291. The fourth-order valence-corrected chi connectivity index (χ4v) is 2.57. The molecule has 1 aliphatic carbocycles. The minimum absolute atomic E-state index is 0. The fourth-order valence-electron chi connectivity index (χ4n) is 2.57. The van der Waals surface area contributed by atoms with Crippen molar-refractivity contribution in [1.29, 1.82) is 0 Å². The van der Waals surface area contributed by atoms with Crippen molar-refractivity contribution in [3.63, 3.8) is 0 Å². The molecule has 0 saturated heterocycles. The number of benzene rings is 1. The molecule has 1 aromatic carbocycles. The molecule has 126 valence electrons. The Balaban J connectivity index is 0.00000242. The number of hydrogen-bond acceptors (Lipinski definition) is 2. The third-order valence-electron chi connectivity index (χ3n) is 4.42. The van der Waals surface area contributed by atoms with E-state index in [2.05, 4.69) is 46.8 Å². The molecule has 0 aromatic heterocycles. The first-order chi connectivity index (χ1) is 9.81. The van der Waals surface area contributed by atoms with E-state index in [9.17, 15) is 0 Å². The summed E-state index contributed by atoms with van der Waals surface area (Å²) in [6, 6.07) is 4.79. The van der Waals surface area contributed by atoms with Gasteiger partial charge in [-0.2, -0.15) is 0 Å². The van der Waals surface area contributed by atoms with Gasteiger partial charge in [-0.15, -0.1) is 12.4 Å². The lowest BCUT2D eigenvalue weighted by atomic mass is 9.83. The molecular weight excluding hydrogens is 294 g/mol. The van der Waals surface area contributed by atoms with E-state index in [1.807, 2.05) is 0 Å². The van der Waals surface area contributed by atoms with Crippen LogP contribution < -0.4 is 10.5 Å². The van der Waals surface area contributed by atoms with E-state index >= 15 is 0 Å². The highest BCUT2D eigenvalue weighted by Gasteiger charge is 2.25. The standard InChI is InChI=1S/C19H31NO.ClH/c1-6-16(20)10-15-11-17(19(3,4)5)18(9-13(15)2)21-12-14-7-8-14;/h9,11,14,16H,6-8,10,12,20H2,1-5H3;1H. The fraction of sp³-hybridized carbons (Fsp3) is 0.684. The molecule has 1 aromatic rings. The first kappa shape index (κ1) is 19.3. The van der Waals surface area contributed by atoms with Gasteiger partial charge < -0.3 is 10.5 Å². The van der Waals surface area contributed by atoms with E-state index in [0.717, 1.165) is 31.1 Å². The third-order valence-corrected chi connectivity index (χ3v) is 4.42. The van der Waals surface area contributed by atoms with Gasteiger partial charge in [-0.3, -0.25) is 0 Å². The highest BCUT2D eigenvalue weighted by Crippen LogP contribution is 2.36. The molecular formula is C19H32ClNO. The molecule has 0 amide bonds. The van der Waals surface area contributed by atoms with E-state index < -0.39 is 0 Å². The Morgan fingerprint density at radius 1 is 1.27 bits per heavy atom. The zero-order valence-corrected chi connectivity index (χ0v) is 15.6. The number of ether oxygens (including phenoxy) is 1. The van der Waals surface area contributed by atoms with Crippen LogP contribution in [0.3, 0.4) is 0 Å². The van der Waals surface area contributed by atoms with Gasteiger partial charge in [0, 0.05) is 6.04 Å². The molecule has 2 nitrogen and oxygen atoms in total. The van der Waals surface area contributed by atoms with E-state index in [0.29, 0.717) is 0 Å². The van der Waals surface area contributed by atoms with Crippen LogP contribution in [0.15, 0.2) is 12.1 Å². The highest BCUT2D eigenvalue weighted by atomic mass is 35.5. The maximum Gasteiger partial charge on any atom is 0.123 e. The molecule has 2 rings (SSSR count). The topological polar surface area (TPSA) is 35.2 Å². The molecule has 0 aliphatic heterocycles. The van der Waals surface area contributed by atoms with Gasteiger partial charge in [0.2, 0.25) is 0 Å². The average Bonchev–Trinajstić information content (AvgIpc) is 3.21. The van der Waals surface area contributed by atoms with Crippen LogP contribution in [-0.2, 0) is 11.8 Å². The van der Waals surface area contributed by atoms with Gasteiger partial charge in [-0.25, -0.2) is 0 Å². The Morgan fingerprint density at radius 3 is 2.41 bits per heavy atom. The van der Waals surface area contributed by atoms with Crippen LogP contribution in [0.4, 0.5) is 0 Å². The molecule has 0 radical (unpaired) electrons. The largest absolute Gasteiger partial charge is 0.493 e. The maximum atomic E-state index is 6.15. The summed E-state index contributed by atoms with van der Waals surface area (Å²) < 4.78 is 6.12. The van der Waals surface area contributed by atoms with Gasteiger partial charge >= 0.3 is 0 Å². The van der Waals surface area contributed by atoms with Gasteiger partial charge in [0.25, 0.3) is 0 Å². The van der Waals surface area contributed by atoms with Crippen LogP contribution in [-0.4, -0.2) is 12.6 Å². The normalized spacial score (nSPS) is 16.1. The quantitative estimate of drug-likeness (QED) is 0.816. The molecule has 22 heavy (non-hydrogen) atoms. The highest BCUT2D eigenvalue weighted by molar-refractivity contribution is 5.85. The van der Waals surface area contributed by atoms with Crippen LogP contribution in [0.5, 0.6) is 5.75 Å². The molecule has 1 atom stereocenters. The molecule has 2 N–H and O–H groups in total. The van der Waals surface area contributed by atoms with E-state index in [1.54, 1.807) is 0 Å². The molecule has 3 heteroatoms. The van der Waals surface area contributed by atoms with E-state index in [-0.39, 0.29) is 23.9 Å². The van der Waals surface area contributed by atoms with Gasteiger partial charge in [0.15, 0.2) is 0 Å². The van der Waals surface area contributed by atoms with Gasteiger partial charge in [0.05, 0.1) is 6.61 Å². The Labute approximate surface area is 142 Å². The third kappa shape index (κ3) is 5.17. The van der Waals surface area contributed by atoms with Crippen LogP contribution in [0.2, 0.25) is 0 Å². The second-order valence-electron chi connectivity index (χ2n) is 7.65. The minimum atomic E-state index is 0. The van der Waals surface area contributed by atoms with Crippen molar-refractivity contribution >= 4 is 12.4 Å². The molecule has 1 saturated carbocycles. The monoisotopic (exact) mass is 325 g/mol. The predicted molar refractivity (Wildman–Crippen MR) is 97.3 cm³/mol. The van der Waals surface area contributed by atoms with Crippen LogP contribution in [0.25, 0.3) is 0 Å². The molecule has 1 fully saturated rings. The summed E-state index contributed by atoms with van der Waals surface area (Å²) in [7, 11) is 0. The Bertz CT molecular complexity index is 489. The number of hydrogen-bond donors (Lipinski definition) is 1. The van der Waals surface area contributed by atoms with Crippen molar-refractivity contribution in [3.05, 3.63) is 28.8 Å². The SMILES string of the molecule is CCC(N)Cc1cc(C(C)(C)C)c(OCC2CC2)cc1C.Cl. The van der Waals surface area contributed by atoms with Crippen LogP contribution in [0.1, 0.15) is 63.6 Å². The zero-order chi connectivity index (χ0) is 15.6. The first-order valence-electron chi connectivity index (χ1n) is 8.33. The lowest BCUT2D eigenvalue weighted by Crippen LogP contribution is -2.23. The van der Waals surface area contributed by atoms with E-state index in [1.165, 1.54) is 29.5 Å². The summed E-state index contributed by atoms with van der Waals surface area (Å²) in [6.45, 7) is 12.0. The molecule has 1 aliphatic rings. The second-order valence-corrected chi connectivity index (χ2v) is 7.65. The summed E-state index contributed by atoms with van der Waals surface area (Å²) in [6.07, 6.45) is 4.62. The first-order valence-corrected chi connectivity index (χ1v) is 8.33. The summed E-state index contributed by atoms with van der Waals surface area (Å²) in [4.78, 5) is 0. The van der Waals surface area contributed by atoms with Crippen molar-refractivity contribution in [1.82, 2.24) is 0 Å². The number of aryl methyl sites for hydroxylation is 1. The lowest BCUT2D eigenvalue weighted by Gasteiger charge is -2.25. The number of rotatable bonds is 6. The summed E-state index contributed by atoms with van der Waals surface area (Å²) in [5, 5.41) is 0. The van der Waals surface area contributed by atoms with Gasteiger partial charge in [0.1, 0.15) is 5.75 Å². The molecule has 0 spiro atoms. The second kappa shape index (κ2) is 7.70. The van der Waals surface area contributed by atoms with Crippen molar-refractivity contribution < 1.29 is 4.74 Å². The predicted octanol–water partition coefficient (Wildman–Crippen LogP) is 4.78. The molecule has 0 bridgehead atoms. The van der Waals surface area contributed by atoms with Gasteiger partial charge in [-0.05, 0) is 66.7 Å². The number of halogens is 1. The van der Waals surface area contributed by atoms with Crippen molar-refractivity contribution in [2.45, 2.75) is 71.8 Å². The number of nitrogens with two attached hydrogens (primary N) is 1. The Morgan fingerprint density at radius 2 is 1.91 bits per heavy atom. The van der Waals surface area contributed by atoms with Crippen molar-refractivity contribution in [2.75, 3.05) is 6.61 Å². The molecule has 1 unspecified atom stereocenters. The summed E-state index contributed by atoms with van der Waals surface area (Å²) in [5.41, 5.74) is 10.2. The van der Waals surface area contributed by atoms with E-state index in [4.69, 9.17) is 10.5 Å². The smallest absolute Gasteiger partial charge is 0.123 e. The van der Waals surface area contributed by atoms with Crippen molar-refractivity contribution in [3.8, 4) is 5.75 Å². The van der Waals surface area contributed by atoms with Crippen LogP contribution >= 0.6 is 12.4 Å². The summed E-state index contributed by atoms with van der Waals surface area (Å²) in [5.74, 6) is 1.85. The maximum absolute atomic E-state index is 6.15. The average molecular weight is 326 g/mol. The Hall–Kier alpha value is -0.730. The summed E-state index contributed by atoms with van der Waals surface area (Å²) >= 11 is 0. The van der Waals surface area contributed by atoms with Crippen molar-refractivity contribution in [2.24, 2.45) is 11.7 Å². The minimum Gasteiger partial charge on any atom is -0.493 e. The van der Waals surface area contributed by atoms with Crippen LogP contribution in [0, 0.1) is 12.8 Å². The van der Waals surface area contributed by atoms with Gasteiger partial charge in [-0.1, -0.05) is 33.8 Å². The zero-order valence-electron chi connectivity index (χ0n) is 14.7. The molecule has 0 heterocycles. The Kier molecular flexibility index (Phi) is 6.76.